The lowest BCUT2D eigenvalue weighted by atomic mass is 10.2. The largest absolute Gasteiger partial charge is 0.497 e. The summed E-state index contributed by atoms with van der Waals surface area (Å²) in [5.41, 5.74) is 0. The third-order valence-electron chi connectivity index (χ3n) is 4.77. The van der Waals surface area contributed by atoms with Crippen molar-refractivity contribution < 1.29 is 30.0 Å². The van der Waals surface area contributed by atoms with Gasteiger partial charge in [-0.15, -0.1) is 0 Å². The SMILES string of the molecule is COc1ccc(S(=O)(=O)N([C@H]2CCS(=O)(=O)C2)[C@H]2CCS(=O)(=O)C2)cc1. The Balaban J connectivity index is 2.01. The molecule has 0 aromatic heterocycles. The third-order valence-corrected chi connectivity index (χ3v) is 10.3. The van der Waals surface area contributed by atoms with Crippen LogP contribution in [0.3, 0.4) is 0 Å². The summed E-state index contributed by atoms with van der Waals surface area (Å²) in [4.78, 5) is -0.00750. The van der Waals surface area contributed by atoms with Gasteiger partial charge in [-0.3, -0.25) is 0 Å². The second kappa shape index (κ2) is 6.77. The van der Waals surface area contributed by atoms with E-state index in [-0.39, 0.29) is 40.7 Å². The normalized spacial score (nSPS) is 27.6. The fourth-order valence-corrected chi connectivity index (χ4v) is 8.99. The van der Waals surface area contributed by atoms with E-state index in [1.165, 1.54) is 31.4 Å². The van der Waals surface area contributed by atoms with Crippen LogP contribution < -0.4 is 4.74 Å². The number of hydrogen-bond donors (Lipinski definition) is 0. The minimum Gasteiger partial charge on any atom is -0.497 e. The first-order valence-electron chi connectivity index (χ1n) is 8.12. The summed E-state index contributed by atoms with van der Waals surface area (Å²) in [6.07, 6.45) is 0.350. The quantitative estimate of drug-likeness (QED) is 0.658. The zero-order chi connectivity index (χ0) is 19.2. The first-order chi connectivity index (χ1) is 12.0. The number of sulfone groups is 2. The van der Waals surface area contributed by atoms with E-state index in [0.717, 1.165) is 4.31 Å². The average molecular weight is 424 g/mol. The second-order valence-corrected chi connectivity index (χ2v) is 12.9. The fourth-order valence-electron chi connectivity index (χ4n) is 3.51. The lowest BCUT2D eigenvalue weighted by molar-refractivity contribution is 0.280. The van der Waals surface area contributed by atoms with Crippen molar-refractivity contribution in [3.05, 3.63) is 24.3 Å². The molecule has 0 spiro atoms. The molecule has 0 N–H and O–H groups in total. The maximum absolute atomic E-state index is 13.2. The van der Waals surface area contributed by atoms with E-state index < -0.39 is 41.8 Å². The van der Waals surface area contributed by atoms with Gasteiger partial charge in [0.25, 0.3) is 0 Å². The van der Waals surface area contributed by atoms with Crippen molar-refractivity contribution in [3.8, 4) is 5.75 Å². The zero-order valence-electron chi connectivity index (χ0n) is 14.2. The number of rotatable bonds is 5. The van der Waals surface area contributed by atoms with Crippen LogP contribution in [-0.2, 0) is 29.7 Å². The van der Waals surface area contributed by atoms with Gasteiger partial charge in [-0.1, -0.05) is 0 Å². The first kappa shape index (κ1) is 19.6. The maximum atomic E-state index is 13.2. The molecule has 0 saturated carbocycles. The standard InChI is InChI=1S/C15H21NO7S3/c1-23-14-2-4-15(5-3-14)26(21,22)16(12-6-8-24(17,18)10-12)13-7-9-25(19,20)11-13/h2-5,12-13H,6-11H2,1H3/t12-,13-/m0/s1. The lowest BCUT2D eigenvalue weighted by Gasteiger charge is -2.32. The molecule has 1 aromatic carbocycles. The molecule has 3 rings (SSSR count). The fraction of sp³-hybridized carbons (Fsp3) is 0.600. The Labute approximate surface area is 154 Å². The predicted octanol–water partition coefficient (Wildman–Crippen LogP) is 0.0601. The van der Waals surface area contributed by atoms with E-state index in [0.29, 0.717) is 5.75 Å². The molecule has 0 amide bonds. The number of ether oxygens (including phenoxy) is 1. The van der Waals surface area contributed by atoms with Gasteiger partial charge in [0.1, 0.15) is 5.75 Å². The molecule has 2 heterocycles. The van der Waals surface area contributed by atoms with Crippen LogP contribution in [-0.4, -0.2) is 71.8 Å². The summed E-state index contributed by atoms with van der Waals surface area (Å²) >= 11 is 0. The van der Waals surface area contributed by atoms with Gasteiger partial charge in [-0.2, -0.15) is 4.31 Å². The molecule has 0 radical (unpaired) electrons. The molecule has 2 atom stereocenters. The second-order valence-electron chi connectivity index (χ2n) is 6.62. The van der Waals surface area contributed by atoms with Gasteiger partial charge in [0.05, 0.1) is 35.0 Å². The van der Waals surface area contributed by atoms with Crippen LogP contribution in [0.5, 0.6) is 5.75 Å². The number of methoxy groups -OCH3 is 1. The van der Waals surface area contributed by atoms with E-state index in [2.05, 4.69) is 0 Å². The highest BCUT2D eigenvalue weighted by Gasteiger charge is 2.45. The summed E-state index contributed by atoms with van der Waals surface area (Å²) in [5.74, 6) is -0.252. The summed E-state index contributed by atoms with van der Waals surface area (Å²) in [6, 6.07) is 4.28. The minimum atomic E-state index is -4.04. The van der Waals surface area contributed by atoms with Crippen molar-refractivity contribution in [1.82, 2.24) is 4.31 Å². The van der Waals surface area contributed by atoms with E-state index in [1.807, 2.05) is 0 Å². The van der Waals surface area contributed by atoms with Crippen LogP contribution in [0.4, 0.5) is 0 Å². The van der Waals surface area contributed by atoms with Crippen LogP contribution in [0.2, 0.25) is 0 Å². The molecular weight excluding hydrogens is 402 g/mol. The molecule has 11 heteroatoms. The van der Waals surface area contributed by atoms with Crippen LogP contribution >= 0.6 is 0 Å². The molecule has 2 saturated heterocycles. The number of benzene rings is 1. The highest BCUT2D eigenvalue weighted by molar-refractivity contribution is 7.92. The summed E-state index contributed by atoms with van der Waals surface area (Å²) in [6.45, 7) is 0. The summed E-state index contributed by atoms with van der Waals surface area (Å²) < 4.78 is 80.1. The number of hydrogen-bond acceptors (Lipinski definition) is 7. The Hall–Kier alpha value is -1.17. The molecule has 0 unspecified atom stereocenters. The first-order valence-corrected chi connectivity index (χ1v) is 13.2. The van der Waals surface area contributed by atoms with Gasteiger partial charge in [0, 0.05) is 12.1 Å². The van der Waals surface area contributed by atoms with Gasteiger partial charge in [-0.05, 0) is 37.1 Å². The lowest BCUT2D eigenvalue weighted by Crippen LogP contribution is -2.48. The molecule has 2 aliphatic rings. The van der Waals surface area contributed by atoms with Crippen molar-refractivity contribution in [2.45, 2.75) is 29.8 Å². The highest BCUT2D eigenvalue weighted by atomic mass is 32.2. The van der Waals surface area contributed by atoms with E-state index in [4.69, 9.17) is 4.74 Å². The van der Waals surface area contributed by atoms with Gasteiger partial charge < -0.3 is 4.74 Å². The van der Waals surface area contributed by atoms with E-state index in [1.54, 1.807) is 0 Å². The molecular formula is C15H21NO7S3. The Morgan fingerprint density at radius 2 is 1.38 bits per heavy atom. The van der Waals surface area contributed by atoms with Crippen LogP contribution in [0.15, 0.2) is 29.2 Å². The number of sulfonamides is 1. The Morgan fingerprint density at radius 3 is 1.73 bits per heavy atom. The summed E-state index contributed by atoms with van der Waals surface area (Å²) in [7, 11) is -9.24. The molecule has 2 aliphatic heterocycles. The molecule has 0 bridgehead atoms. The molecule has 8 nitrogen and oxygen atoms in total. The minimum absolute atomic E-state index is 0.00750. The van der Waals surface area contributed by atoms with Crippen LogP contribution in [0.1, 0.15) is 12.8 Å². The Kier molecular flexibility index (Phi) is 5.10. The van der Waals surface area contributed by atoms with Gasteiger partial charge >= 0.3 is 0 Å². The van der Waals surface area contributed by atoms with Crippen molar-refractivity contribution in [3.63, 3.8) is 0 Å². The Morgan fingerprint density at radius 1 is 0.923 bits per heavy atom. The van der Waals surface area contributed by atoms with Crippen molar-refractivity contribution >= 4 is 29.7 Å². The molecule has 26 heavy (non-hydrogen) atoms. The van der Waals surface area contributed by atoms with Gasteiger partial charge in [-0.25, -0.2) is 25.3 Å². The Bertz CT molecular complexity index is 938. The smallest absolute Gasteiger partial charge is 0.243 e. The zero-order valence-corrected chi connectivity index (χ0v) is 16.7. The molecule has 146 valence electrons. The average Bonchev–Trinajstić information content (AvgIpc) is 3.09. The highest BCUT2D eigenvalue weighted by Crippen LogP contribution is 2.32. The molecule has 2 fully saturated rings. The molecule has 0 aliphatic carbocycles. The van der Waals surface area contributed by atoms with Crippen LogP contribution in [0, 0.1) is 0 Å². The maximum Gasteiger partial charge on any atom is 0.243 e. The third kappa shape index (κ3) is 3.90. The van der Waals surface area contributed by atoms with Crippen molar-refractivity contribution in [2.75, 3.05) is 30.1 Å². The van der Waals surface area contributed by atoms with Crippen molar-refractivity contribution in [2.24, 2.45) is 0 Å². The number of nitrogens with zero attached hydrogens (tertiary/aromatic N) is 1. The topological polar surface area (TPSA) is 115 Å². The van der Waals surface area contributed by atoms with Gasteiger partial charge in [0.2, 0.25) is 10.0 Å². The van der Waals surface area contributed by atoms with E-state index in [9.17, 15) is 25.3 Å². The van der Waals surface area contributed by atoms with Crippen LogP contribution in [0.25, 0.3) is 0 Å². The molecule has 1 aromatic rings. The van der Waals surface area contributed by atoms with Crippen molar-refractivity contribution in [1.29, 1.82) is 0 Å². The van der Waals surface area contributed by atoms with E-state index >= 15 is 0 Å². The van der Waals surface area contributed by atoms with Gasteiger partial charge in [0.15, 0.2) is 19.7 Å². The predicted molar refractivity (Wildman–Crippen MR) is 96.1 cm³/mol. The monoisotopic (exact) mass is 423 g/mol. The summed E-state index contributed by atoms with van der Waals surface area (Å²) in [5, 5.41) is 0.